The second kappa shape index (κ2) is 10.8. The van der Waals surface area contributed by atoms with E-state index in [1.165, 1.54) is 6.07 Å². The highest BCUT2D eigenvalue weighted by Gasteiger charge is 2.22. The number of halogens is 1. The average molecular weight is 430 g/mol. The molecular weight excluding hydrogens is 410 g/mol. The van der Waals surface area contributed by atoms with Crippen LogP contribution in [0.5, 0.6) is 11.5 Å². The van der Waals surface area contributed by atoms with Crippen LogP contribution in [-0.4, -0.2) is 17.2 Å². The minimum Gasteiger partial charge on any atom is -0.485 e. The molecule has 8 heteroatoms. The quantitative estimate of drug-likeness (QED) is 0.495. The molecule has 150 valence electrons. The first-order valence-corrected chi connectivity index (χ1v) is 10.4. The number of hydrogen-bond acceptors (Lipinski definition) is 5. The molecule has 1 unspecified atom stereocenters. The highest BCUT2D eigenvalue weighted by molar-refractivity contribution is 7.94. The molecule has 1 aromatic heterocycles. The summed E-state index contributed by atoms with van der Waals surface area (Å²) < 4.78 is 25.1. The van der Waals surface area contributed by atoms with Crippen molar-refractivity contribution < 1.29 is 18.2 Å². The van der Waals surface area contributed by atoms with E-state index in [2.05, 4.69) is 19.5 Å². The minimum absolute atomic E-state index is 0.0194. The van der Waals surface area contributed by atoms with Crippen molar-refractivity contribution in [3.8, 4) is 11.5 Å². The molecule has 2 aromatic carbocycles. The van der Waals surface area contributed by atoms with Gasteiger partial charge in [0.05, 0.1) is 0 Å². The molecule has 0 bridgehead atoms. The Morgan fingerprint density at radius 3 is 2.14 bits per heavy atom. The summed E-state index contributed by atoms with van der Waals surface area (Å²) in [7, 11) is 2.40. The maximum absolute atomic E-state index is 13.3. The van der Waals surface area contributed by atoms with E-state index in [9.17, 15) is 8.68 Å². The Morgan fingerprint density at radius 2 is 1.59 bits per heavy atom. The normalized spacial score (nSPS) is 10.4. The smallest absolute Gasteiger partial charge is 0.274 e. The number of pyridine rings is 1. The number of hydrogen-bond donors (Lipinski definition) is 1. The van der Waals surface area contributed by atoms with E-state index in [-0.39, 0.29) is 47.6 Å². The first-order chi connectivity index (χ1) is 14.2. The van der Waals surface area contributed by atoms with Crippen LogP contribution >= 0.6 is 21.4 Å². The van der Waals surface area contributed by atoms with Gasteiger partial charge in [0, 0.05) is 12.4 Å². The van der Waals surface area contributed by atoms with Crippen LogP contribution in [0.1, 0.15) is 21.6 Å². The highest BCUT2D eigenvalue weighted by atomic mass is 32.2. The van der Waals surface area contributed by atoms with Crippen molar-refractivity contribution in [1.29, 1.82) is 0 Å². The lowest BCUT2D eigenvalue weighted by molar-refractivity contribution is 0.0948. The van der Waals surface area contributed by atoms with Gasteiger partial charge in [0.25, 0.3) is 5.91 Å². The monoisotopic (exact) mass is 430 g/mol. The molecule has 3 rings (SSSR count). The second-order valence-electron chi connectivity index (χ2n) is 5.97. The second-order valence-corrected chi connectivity index (χ2v) is 6.95. The molecule has 0 saturated heterocycles. The third kappa shape index (κ3) is 5.92. The van der Waals surface area contributed by atoms with E-state index in [1.54, 1.807) is 0 Å². The predicted molar refractivity (Wildman–Crippen MR) is 115 cm³/mol. The number of amides is 1. The summed E-state index contributed by atoms with van der Waals surface area (Å²) in [5.41, 5.74) is 1.83. The summed E-state index contributed by atoms with van der Waals surface area (Å²) in [5, 5.41) is 2.67. The Bertz CT molecular complexity index is 945. The third-order valence-corrected chi connectivity index (χ3v) is 4.51. The Hall–Kier alpha value is -2.63. The lowest BCUT2D eigenvalue weighted by atomic mass is 10.2. The summed E-state index contributed by atoms with van der Waals surface area (Å²) in [6.07, 6.45) is 0.325. The van der Waals surface area contributed by atoms with Gasteiger partial charge in [-0.1, -0.05) is 60.7 Å². The Kier molecular flexibility index (Phi) is 7.85. The fourth-order valence-electron chi connectivity index (χ4n) is 2.57. The van der Waals surface area contributed by atoms with Crippen molar-refractivity contribution in [2.24, 2.45) is 0 Å². The van der Waals surface area contributed by atoms with E-state index >= 15 is 0 Å². The molecule has 0 aliphatic rings. The van der Waals surface area contributed by atoms with Gasteiger partial charge in [0.1, 0.15) is 30.4 Å². The largest absolute Gasteiger partial charge is 0.485 e. The summed E-state index contributed by atoms with van der Waals surface area (Å²) in [4.78, 5) is 16.6. The van der Waals surface area contributed by atoms with E-state index in [1.807, 2.05) is 60.7 Å². The van der Waals surface area contributed by atoms with Gasteiger partial charge in [-0.3, -0.25) is 4.79 Å². The van der Waals surface area contributed by atoms with Gasteiger partial charge >= 0.3 is 0 Å². The molecule has 0 saturated carbocycles. The van der Waals surface area contributed by atoms with Crippen LogP contribution in [0, 0.1) is 0 Å². The third-order valence-electron chi connectivity index (χ3n) is 3.94. The molecule has 1 heterocycles. The Morgan fingerprint density at radius 1 is 1.00 bits per heavy atom. The van der Waals surface area contributed by atoms with Crippen LogP contribution in [0.3, 0.4) is 0 Å². The number of benzene rings is 2. The molecule has 3 aromatic rings. The van der Waals surface area contributed by atoms with Gasteiger partial charge in [0.2, 0.25) is 0 Å². The van der Waals surface area contributed by atoms with Crippen LogP contribution < -0.4 is 14.8 Å². The van der Waals surface area contributed by atoms with E-state index < -0.39 is 5.91 Å². The zero-order chi connectivity index (χ0) is 20.5. The number of rotatable bonds is 9. The van der Waals surface area contributed by atoms with Gasteiger partial charge in [-0.05, 0) is 11.1 Å². The van der Waals surface area contributed by atoms with Gasteiger partial charge in [-0.2, -0.15) is 3.89 Å². The fourth-order valence-corrected chi connectivity index (χ4v) is 3.03. The standard InChI is InChI=1S/C21H20FN2O3PS/c22-29-18-11-17(26-12-15-7-3-1-4-8-15)20(19(24-18)21(25)23-14-28)27-13-16-9-5-2-6-10-16/h1-11H,12-14,28H2,(H,23,25). The van der Waals surface area contributed by atoms with Gasteiger partial charge < -0.3 is 14.8 Å². The topological polar surface area (TPSA) is 60.5 Å². The van der Waals surface area contributed by atoms with E-state index in [0.717, 1.165) is 11.1 Å². The molecule has 0 aliphatic carbocycles. The first kappa shape index (κ1) is 21.1. The molecule has 0 aliphatic heterocycles. The van der Waals surface area contributed by atoms with Crippen LogP contribution in [0.25, 0.3) is 0 Å². The molecule has 0 spiro atoms. The maximum Gasteiger partial charge on any atom is 0.274 e. The number of ether oxygens (including phenoxy) is 2. The molecule has 0 fully saturated rings. The SMILES string of the molecule is O=C(NCP)c1nc(SF)cc(OCc2ccccc2)c1OCc1ccccc1. The molecule has 29 heavy (non-hydrogen) atoms. The fraction of sp³-hybridized carbons (Fsp3) is 0.143. The van der Waals surface area contributed by atoms with Crippen LogP contribution in [0.15, 0.2) is 71.8 Å². The van der Waals surface area contributed by atoms with E-state index in [0.29, 0.717) is 6.29 Å². The Balaban J connectivity index is 1.93. The first-order valence-electron chi connectivity index (χ1n) is 8.86. The van der Waals surface area contributed by atoms with Crippen molar-refractivity contribution >= 4 is 27.3 Å². The van der Waals surface area contributed by atoms with E-state index in [4.69, 9.17) is 9.47 Å². The number of nitrogens with one attached hydrogen (secondary N) is 1. The lowest BCUT2D eigenvalue weighted by Crippen LogP contribution is -2.24. The molecule has 1 amide bonds. The van der Waals surface area contributed by atoms with Crippen molar-refractivity contribution in [2.75, 3.05) is 6.29 Å². The van der Waals surface area contributed by atoms with Crippen LogP contribution in [0.2, 0.25) is 0 Å². The summed E-state index contributed by atoms with van der Waals surface area (Å²) in [6, 6.07) is 20.5. The number of aromatic nitrogens is 1. The molecule has 1 N–H and O–H groups in total. The van der Waals surface area contributed by atoms with Gasteiger partial charge in [0.15, 0.2) is 17.2 Å². The Labute approximate surface area is 175 Å². The van der Waals surface area contributed by atoms with Crippen molar-refractivity contribution in [3.05, 3.63) is 83.6 Å². The highest BCUT2D eigenvalue weighted by Crippen LogP contribution is 2.35. The molecule has 0 radical (unpaired) electrons. The number of nitrogens with zero attached hydrogens (tertiary/aromatic N) is 1. The summed E-state index contributed by atoms with van der Waals surface area (Å²) >= 11 is -0.0544. The van der Waals surface area contributed by atoms with Crippen molar-refractivity contribution in [2.45, 2.75) is 18.2 Å². The average Bonchev–Trinajstić information content (AvgIpc) is 2.77. The number of carbonyl (C=O) groups is 1. The molecule has 1 atom stereocenters. The molecular formula is C21H20FN2O3PS. The van der Waals surface area contributed by atoms with Crippen LogP contribution in [-0.2, 0) is 13.2 Å². The zero-order valence-electron chi connectivity index (χ0n) is 15.5. The van der Waals surface area contributed by atoms with Crippen molar-refractivity contribution in [3.63, 3.8) is 0 Å². The minimum atomic E-state index is -0.469. The summed E-state index contributed by atoms with van der Waals surface area (Å²) in [5.74, 6) is -0.0316. The summed E-state index contributed by atoms with van der Waals surface area (Å²) in [6.45, 7) is 0.459. The van der Waals surface area contributed by atoms with Crippen molar-refractivity contribution in [1.82, 2.24) is 10.3 Å². The van der Waals surface area contributed by atoms with Gasteiger partial charge in [-0.15, -0.1) is 9.24 Å². The number of carbonyl (C=O) groups excluding carboxylic acids is 1. The lowest BCUT2D eigenvalue weighted by Gasteiger charge is -2.16. The molecule has 5 nitrogen and oxygen atoms in total. The van der Waals surface area contributed by atoms with Gasteiger partial charge in [-0.25, -0.2) is 4.98 Å². The zero-order valence-corrected chi connectivity index (χ0v) is 17.5. The predicted octanol–water partition coefficient (Wildman–Crippen LogP) is 4.78. The van der Waals surface area contributed by atoms with Crippen LogP contribution in [0.4, 0.5) is 3.89 Å². The maximum atomic E-state index is 13.3.